The summed E-state index contributed by atoms with van der Waals surface area (Å²) in [5.41, 5.74) is 1.40. The lowest BCUT2D eigenvalue weighted by atomic mass is 10.0. The average Bonchev–Trinajstić information content (AvgIpc) is 3.33. The van der Waals surface area contributed by atoms with Gasteiger partial charge in [-0.05, 0) is 12.3 Å². The number of hydrogen-bond donors (Lipinski definition) is 1. The molecule has 3 heterocycles. The molecule has 2 atom stereocenters. The monoisotopic (exact) mass is 393 g/mol. The molecular formula is C18H27N5O3S. The molecule has 3 rings (SSSR count). The van der Waals surface area contributed by atoms with Crippen molar-refractivity contribution in [3.63, 3.8) is 0 Å². The standard InChI is InChI=1S/C18H27N5O3S/c1-4-23-6-7-25-16(17(23)13-9-20-22(3)11-13)10-19-18(24)15-8-14(26-21-15)12-27-5-2/h8-9,11,16-17H,4-7,10,12H2,1-3H3,(H,19,24)/t16-,17-/m0/s1. The van der Waals surface area contributed by atoms with E-state index in [2.05, 4.69) is 34.3 Å². The molecule has 1 N–H and O–H groups in total. The van der Waals surface area contributed by atoms with Crippen molar-refractivity contribution < 1.29 is 14.1 Å². The summed E-state index contributed by atoms with van der Waals surface area (Å²) in [6.07, 6.45) is 3.73. The lowest BCUT2D eigenvalue weighted by Gasteiger charge is -2.40. The summed E-state index contributed by atoms with van der Waals surface area (Å²) in [5.74, 6) is 2.18. The van der Waals surface area contributed by atoms with Gasteiger partial charge in [-0.1, -0.05) is 19.0 Å². The number of carbonyl (C=O) groups is 1. The Hall–Kier alpha value is -1.84. The minimum Gasteiger partial charge on any atom is -0.373 e. The quantitative estimate of drug-likeness (QED) is 0.732. The number of nitrogens with one attached hydrogen (secondary N) is 1. The summed E-state index contributed by atoms with van der Waals surface area (Å²) in [5, 5.41) is 11.1. The van der Waals surface area contributed by atoms with E-state index in [1.165, 1.54) is 0 Å². The number of rotatable bonds is 8. The Kier molecular flexibility index (Phi) is 6.92. The van der Waals surface area contributed by atoms with Crippen LogP contribution in [0.25, 0.3) is 0 Å². The molecule has 9 heteroatoms. The van der Waals surface area contributed by atoms with Crippen LogP contribution in [0, 0.1) is 0 Å². The highest BCUT2D eigenvalue weighted by molar-refractivity contribution is 7.98. The molecular weight excluding hydrogens is 366 g/mol. The second-order valence-electron chi connectivity index (χ2n) is 6.46. The predicted molar refractivity (Wildman–Crippen MR) is 104 cm³/mol. The SMILES string of the molecule is CCSCc1cc(C(=O)NC[C@@H]2OCCN(CC)[C@H]2c2cnn(C)c2)no1. The van der Waals surface area contributed by atoms with Crippen molar-refractivity contribution in [2.24, 2.45) is 7.05 Å². The number of ether oxygens (including phenoxy) is 1. The van der Waals surface area contributed by atoms with E-state index in [0.717, 1.165) is 30.2 Å². The Morgan fingerprint density at radius 1 is 1.44 bits per heavy atom. The molecule has 0 radical (unpaired) electrons. The van der Waals surface area contributed by atoms with E-state index >= 15 is 0 Å². The van der Waals surface area contributed by atoms with E-state index in [1.54, 1.807) is 22.5 Å². The van der Waals surface area contributed by atoms with E-state index in [1.807, 2.05) is 19.4 Å². The summed E-state index contributed by atoms with van der Waals surface area (Å²) in [6, 6.07) is 1.77. The Morgan fingerprint density at radius 3 is 3.00 bits per heavy atom. The molecule has 1 aliphatic heterocycles. The van der Waals surface area contributed by atoms with Crippen LogP contribution in [0.5, 0.6) is 0 Å². The normalized spacial score (nSPS) is 20.7. The summed E-state index contributed by atoms with van der Waals surface area (Å²) in [7, 11) is 1.90. The van der Waals surface area contributed by atoms with Gasteiger partial charge in [-0.15, -0.1) is 0 Å². The number of carbonyl (C=O) groups excluding carboxylic acids is 1. The highest BCUT2D eigenvalue weighted by atomic mass is 32.2. The average molecular weight is 394 g/mol. The summed E-state index contributed by atoms with van der Waals surface area (Å²) < 4.78 is 13.0. The number of aromatic nitrogens is 3. The Morgan fingerprint density at radius 2 is 2.30 bits per heavy atom. The van der Waals surface area contributed by atoms with Crippen LogP contribution in [0.1, 0.15) is 41.7 Å². The maximum atomic E-state index is 12.4. The largest absolute Gasteiger partial charge is 0.373 e. The molecule has 2 aromatic rings. The third-order valence-corrected chi connectivity index (χ3v) is 5.53. The minimum atomic E-state index is -0.242. The van der Waals surface area contributed by atoms with Crippen molar-refractivity contribution in [2.75, 3.05) is 32.0 Å². The second-order valence-corrected chi connectivity index (χ2v) is 7.73. The molecule has 2 aromatic heterocycles. The van der Waals surface area contributed by atoms with Gasteiger partial charge in [-0.3, -0.25) is 14.4 Å². The summed E-state index contributed by atoms with van der Waals surface area (Å²) in [4.78, 5) is 14.8. The minimum absolute atomic E-state index is 0.0616. The molecule has 0 unspecified atom stereocenters. The molecule has 0 spiro atoms. The van der Waals surface area contributed by atoms with Crippen LogP contribution in [0.4, 0.5) is 0 Å². The fourth-order valence-corrected chi connectivity index (χ4v) is 3.85. The van der Waals surface area contributed by atoms with E-state index < -0.39 is 0 Å². The first kappa shape index (κ1) is 19.9. The van der Waals surface area contributed by atoms with Crippen LogP contribution in [0.3, 0.4) is 0 Å². The van der Waals surface area contributed by atoms with Gasteiger partial charge < -0.3 is 14.6 Å². The first-order valence-corrected chi connectivity index (χ1v) is 10.4. The molecule has 1 saturated heterocycles. The summed E-state index contributed by atoms with van der Waals surface area (Å²) in [6.45, 7) is 7.04. The van der Waals surface area contributed by atoms with E-state index in [-0.39, 0.29) is 18.1 Å². The van der Waals surface area contributed by atoms with Crippen LogP contribution in [0.2, 0.25) is 0 Å². The lowest BCUT2D eigenvalue weighted by molar-refractivity contribution is -0.0685. The first-order valence-electron chi connectivity index (χ1n) is 9.28. The molecule has 1 fully saturated rings. The zero-order valence-corrected chi connectivity index (χ0v) is 16.9. The molecule has 0 bridgehead atoms. The highest BCUT2D eigenvalue weighted by Gasteiger charge is 2.34. The van der Waals surface area contributed by atoms with Crippen molar-refractivity contribution in [3.8, 4) is 0 Å². The summed E-state index contributed by atoms with van der Waals surface area (Å²) >= 11 is 1.73. The van der Waals surface area contributed by atoms with E-state index in [4.69, 9.17) is 9.26 Å². The molecule has 148 valence electrons. The molecule has 1 aliphatic rings. The van der Waals surface area contributed by atoms with Crippen LogP contribution in [0.15, 0.2) is 23.0 Å². The third kappa shape index (κ3) is 4.91. The van der Waals surface area contributed by atoms with Gasteiger partial charge in [0.15, 0.2) is 5.69 Å². The molecule has 0 aliphatic carbocycles. The van der Waals surface area contributed by atoms with Crippen LogP contribution in [-0.4, -0.2) is 63.8 Å². The van der Waals surface area contributed by atoms with Crippen molar-refractivity contribution in [2.45, 2.75) is 31.7 Å². The van der Waals surface area contributed by atoms with Crippen LogP contribution < -0.4 is 5.32 Å². The molecule has 0 aromatic carbocycles. The van der Waals surface area contributed by atoms with Crippen LogP contribution >= 0.6 is 11.8 Å². The maximum absolute atomic E-state index is 12.4. The fourth-order valence-electron chi connectivity index (χ4n) is 3.30. The Bertz CT molecular complexity index is 747. The predicted octanol–water partition coefficient (Wildman–Crippen LogP) is 1.85. The van der Waals surface area contributed by atoms with Gasteiger partial charge in [0.2, 0.25) is 0 Å². The van der Waals surface area contributed by atoms with Crippen molar-refractivity contribution in [3.05, 3.63) is 35.5 Å². The second kappa shape index (κ2) is 9.38. The Balaban J connectivity index is 1.64. The van der Waals surface area contributed by atoms with Gasteiger partial charge >= 0.3 is 0 Å². The van der Waals surface area contributed by atoms with Gasteiger partial charge in [-0.25, -0.2) is 0 Å². The van der Waals surface area contributed by atoms with Gasteiger partial charge in [0.1, 0.15) is 5.76 Å². The molecule has 27 heavy (non-hydrogen) atoms. The van der Waals surface area contributed by atoms with Crippen molar-refractivity contribution in [1.82, 2.24) is 25.2 Å². The van der Waals surface area contributed by atoms with Gasteiger partial charge in [0.05, 0.1) is 30.7 Å². The number of aryl methyl sites for hydroxylation is 1. The van der Waals surface area contributed by atoms with Crippen LogP contribution in [-0.2, 0) is 17.5 Å². The number of amides is 1. The third-order valence-electron chi connectivity index (χ3n) is 4.63. The molecule has 0 saturated carbocycles. The first-order chi connectivity index (χ1) is 13.1. The molecule has 1 amide bonds. The van der Waals surface area contributed by atoms with E-state index in [0.29, 0.717) is 24.6 Å². The lowest BCUT2D eigenvalue weighted by Crippen LogP contribution is -2.49. The van der Waals surface area contributed by atoms with Gasteiger partial charge in [-0.2, -0.15) is 16.9 Å². The topological polar surface area (TPSA) is 85.4 Å². The van der Waals surface area contributed by atoms with Gasteiger partial charge in [0, 0.05) is 38.0 Å². The van der Waals surface area contributed by atoms with Gasteiger partial charge in [0.25, 0.3) is 5.91 Å². The number of hydrogen-bond acceptors (Lipinski definition) is 7. The maximum Gasteiger partial charge on any atom is 0.273 e. The number of thioether (sulfide) groups is 1. The zero-order valence-electron chi connectivity index (χ0n) is 16.1. The van der Waals surface area contributed by atoms with Crippen molar-refractivity contribution >= 4 is 17.7 Å². The smallest absolute Gasteiger partial charge is 0.273 e. The highest BCUT2D eigenvalue weighted by Crippen LogP contribution is 2.28. The molecule has 8 nitrogen and oxygen atoms in total. The van der Waals surface area contributed by atoms with E-state index in [9.17, 15) is 4.79 Å². The van der Waals surface area contributed by atoms with Crippen molar-refractivity contribution in [1.29, 1.82) is 0 Å². The zero-order chi connectivity index (χ0) is 19.2. The number of nitrogens with zero attached hydrogens (tertiary/aromatic N) is 4. The number of morpholine rings is 1. The number of likely N-dealkylation sites (N-methyl/N-ethyl adjacent to an activating group) is 1. The Labute approximate surface area is 163 Å². The fraction of sp³-hybridized carbons (Fsp3) is 0.611.